The van der Waals surface area contributed by atoms with Crippen LogP contribution in [-0.4, -0.2) is 49.8 Å². The second kappa shape index (κ2) is 33.3. The maximum atomic E-state index is 5.08. The number of rotatable bonds is 17. The molecule has 0 spiro atoms. The fourth-order valence-corrected chi connectivity index (χ4v) is 14.9. The average Bonchev–Trinajstić information content (AvgIpc) is 0.859. The number of pyridine rings is 6. The minimum atomic E-state index is 0.694. The lowest BCUT2D eigenvalue weighted by atomic mass is 9.93. The van der Waals surface area contributed by atoms with E-state index in [-0.39, 0.29) is 0 Å². The molecule has 0 aliphatic carbocycles. The molecule has 118 heavy (non-hydrogen) atoms. The molecule has 8 aromatic heterocycles. The Morgan fingerprint density at radius 1 is 0.127 bits per heavy atom. The molecule has 0 N–H and O–H groups in total. The average molecular weight is 1510 g/mol. The monoisotopic (exact) mass is 1510 g/mol. The predicted molar refractivity (Wildman–Crippen MR) is 481 cm³/mol. The van der Waals surface area contributed by atoms with Crippen molar-refractivity contribution in [3.63, 3.8) is 0 Å². The Bertz CT molecular complexity index is 6760. The molecule has 0 saturated carbocycles. The van der Waals surface area contributed by atoms with Crippen LogP contribution in [0.25, 0.3) is 202 Å². The van der Waals surface area contributed by atoms with Crippen molar-refractivity contribution < 1.29 is 0 Å². The van der Waals surface area contributed by atoms with E-state index >= 15 is 0 Å². The molecule has 20 aromatic rings. The van der Waals surface area contributed by atoms with Crippen LogP contribution in [0.1, 0.15) is 0 Å². The molecule has 0 aliphatic heterocycles. The third-order valence-electron chi connectivity index (χ3n) is 21.1. The highest BCUT2D eigenvalue weighted by Gasteiger charge is 2.19. The summed E-state index contributed by atoms with van der Waals surface area (Å²) < 4.78 is 0. The van der Waals surface area contributed by atoms with Crippen LogP contribution in [0.4, 0.5) is 0 Å². The van der Waals surface area contributed by atoms with Crippen molar-refractivity contribution in [2.45, 2.75) is 0 Å². The lowest BCUT2D eigenvalue weighted by Crippen LogP contribution is -1.96. The van der Waals surface area contributed by atoms with Gasteiger partial charge in [0, 0.05) is 69.3 Å². The summed E-state index contributed by atoms with van der Waals surface area (Å²) in [6.45, 7) is 0. The molecule has 0 atom stereocenters. The van der Waals surface area contributed by atoms with Crippen LogP contribution < -0.4 is 0 Å². The van der Waals surface area contributed by atoms with Crippen molar-refractivity contribution >= 4 is 10.8 Å². The number of fused-ring (bicyclic) bond motifs is 1. The van der Waals surface area contributed by atoms with Crippen LogP contribution >= 0.6 is 0 Å². The minimum absolute atomic E-state index is 0.694. The SMILES string of the molecule is c1ccc(-c2cc(-c3ccccc3)nc(-c3ccc(-c4ccc(-c5ccc(-c6cc(-c7ccc8ccccc8c7)cc(-c7ccccn7)n6)nc5)cc4)cc3)n2)cc1.c1ccc(-c2cc(-c3ccccc3)nc(-c3ccc(-c4ccc(-c5ccc(-c6cc(-c7ccccc7-c7ccccc7)cc(-c7ccccn7)n6)nc5)cc4)cc3)n2)cc1. The van der Waals surface area contributed by atoms with Gasteiger partial charge < -0.3 is 0 Å². The van der Waals surface area contributed by atoms with Crippen molar-refractivity contribution in [1.82, 2.24) is 49.8 Å². The third kappa shape index (κ3) is 16.1. The van der Waals surface area contributed by atoms with Crippen molar-refractivity contribution in [2.24, 2.45) is 0 Å². The highest BCUT2D eigenvalue weighted by Crippen LogP contribution is 2.39. The van der Waals surface area contributed by atoms with Crippen LogP contribution in [0.3, 0.4) is 0 Å². The summed E-state index contributed by atoms with van der Waals surface area (Å²) in [5.41, 5.74) is 31.5. The van der Waals surface area contributed by atoms with Gasteiger partial charge in [-0.25, -0.2) is 29.9 Å². The highest BCUT2D eigenvalue weighted by molar-refractivity contribution is 5.90. The molecule has 10 nitrogen and oxygen atoms in total. The second-order valence-electron chi connectivity index (χ2n) is 28.7. The van der Waals surface area contributed by atoms with Gasteiger partial charge in [-0.1, -0.05) is 334 Å². The number of aromatic nitrogens is 10. The van der Waals surface area contributed by atoms with E-state index < -0.39 is 0 Å². The van der Waals surface area contributed by atoms with Crippen LogP contribution in [0.5, 0.6) is 0 Å². The molecular weight excluding hydrogens is 1440 g/mol. The molecule has 0 radical (unpaired) electrons. The van der Waals surface area contributed by atoms with Crippen molar-refractivity contribution in [3.8, 4) is 191 Å². The van der Waals surface area contributed by atoms with E-state index in [0.717, 1.165) is 180 Å². The normalized spacial score (nSPS) is 11.1. The summed E-state index contributed by atoms with van der Waals surface area (Å²) in [4.78, 5) is 49.2. The second-order valence-corrected chi connectivity index (χ2v) is 28.7. The maximum Gasteiger partial charge on any atom is 0.160 e. The van der Waals surface area contributed by atoms with Gasteiger partial charge in [0.1, 0.15) is 0 Å². The molecule has 554 valence electrons. The van der Waals surface area contributed by atoms with Gasteiger partial charge in [0.25, 0.3) is 0 Å². The molecule has 0 fully saturated rings. The van der Waals surface area contributed by atoms with Gasteiger partial charge in [-0.2, -0.15) is 0 Å². The van der Waals surface area contributed by atoms with Gasteiger partial charge >= 0.3 is 0 Å². The molecule has 0 bridgehead atoms. The molecule has 0 amide bonds. The first-order valence-electron chi connectivity index (χ1n) is 39.3. The van der Waals surface area contributed by atoms with Crippen LogP contribution in [-0.2, 0) is 0 Å². The topological polar surface area (TPSA) is 129 Å². The summed E-state index contributed by atoms with van der Waals surface area (Å²) in [7, 11) is 0. The van der Waals surface area contributed by atoms with Gasteiger partial charge in [0.15, 0.2) is 11.6 Å². The standard InChI is InChI=1S/C55H37N5.C53H35N5/c1-4-14-41(15-5-1)47-20-10-11-21-48(47)46-34-53(49-22-12-13-33-56-49)58-54(35-46)50-32-31-45(37-57-50)40-25-23-38(24-26-40)39-27-29-44(30-28-39)55-59-51(42-16-6-2-7-17-42)36-52(60-55)43-18-8-3-9-19-43;1-3-12-40(13-4-1)49-34-50(41-14-5-2-6-15-41)58-53(57-49)42-25-22-38(23-26-42)37-18-20-39(21-19-37)45-28-29-48(55-35-45)52-33-46(32-51(56-52)47-17-9-10-30-54-47)44-27-24-36-11-7-8-16-43(36)31-44/h1-37H;1-35H. The molecule has 12 aromatic carbocycles. The van der Waals surface area contributed by atoms with Gasteiger partial charge in [0.05, 0.1) is 68.3 Å². The zero-order valence-electron chi connectivity index (χ0n) is 64.0. The highest BCUT2D eigenvalue weighted by atomic mass is 14.9. The molecule has 8 heterocycles. The quantitative estimate of drug-likeness (QED) is 0.0869. The van der Waals surface area contributed by atoms with E-state index in [1.165, 1.54) is 10.8 Å². The number of benzene rings is 12. The van der Waals surface area contributed by atoms with Crippen molar-refractivity contribution in [1.29, 1.82) is 0 Å². The van der Waals surface area contributed by atoms with E-state index in [9.17, 15) is 0 Å². The molecule has 10 heteroatoms. The fraction of sp³-hybridized carbons (Fsp3) is 0. The Labute approximate surface area is 684 Å². The maximum absolute atomic E-state index is 5.08. The first kappa shape index (κ1) is 72.2. The van der Waals surface area contributed by atoms with E-state index in [1.54, 1.807) is 12.4 Å². The summed E-state index contributed by atoms with van der Waals surface area (Å²) in [6, 6.07) is 142. The first-order chi connectivity index (χ1) is 58.4. The summed E-state index contributed by atoms with van der Waals surface area (Å²) in [5.74, 6) is 1.39. The van der Waals surface area contributed by atoms with Crippen molar-refractivity contribution in [2.75, 3.05) is 0 Å². The van der Waals surface area contributed by atoms with Gasteiger partial charge in [-0.05, 0) is 156 Å². The molecule has 0 unspecified atom stereocenters. The molecule has 20 rings (SSSR count). The summed E-state index contributed by atoms with van der Waals surface area (Å²) in [5, 5.41) is 2.41. The largest absolute Gasteiger partial charge is 0.255 e. The minimum Gasteiger partial charge on any atom is -0.255 e. The van der Waals surface area contributed by atoms with E-state index in [2.05, 4.69) is 307 Å². The van der Waals surface area contributed by atoms with Gasteiger partial charge in [-0.3, -0.25) is 19.9 Å². The Kier molecular flexibility index (Phi) is 20.4. The number of hydrogen-bond acceptors (Lipinski definition) is 10. The van der Waals surface area contributed by atoms with Crippen LogP contribution in [0, 0.1) is 0 Å². The van der Waals surface area contributed by atoms with E-state index in [1.807, 2.05) is 128 Å². The third-order valence-corrected chi connectivity index (χ3v) is 21.1. The Morgan fingerprint density at radius 2 is 0.415 bits per heavy atom. The zero-order valence-corrected chi connectivity index (χ0v) is 64.0. The van der Waals surface area contributed by atoms with E-state index in [0.29, 0.717) is 11.6 Å². The number of hydrogen-bond donors (Lipinski definition) is 0. The fourth-order valence-electron chi connectivity index (χ4n) is 14.9. The lowest BCUT2D eigenvalue weighted by Gasteiger charge is -2.13. The van der Waals surface area contributed by atoms with Crippen molar-refractivity contribution in [3.05, 3.63) is 437 Å². The Morgan fingerprint density at radius 3 is 0.771 bits per heavy atom. The van der Waals surface area contributed by atoms with E-state index in [4.69, 9.17) is 39.9 Å². The molecular formula is C108H72N10. The lowest BCUT2D eigenvalue weighted by molar-refractivity contribution is 1.18. The smallest absolute Gasteiger partial charge is 0.160 e. The Balaban J connectivity index is 0.000000157. The van der Waals surface area contributed by atoms with Crippen LogP contribution in [0.15, 0.2) is 437 Å². The van der Waals surface area contributed by atoms with Gasteiger partial charge in [-0.15, -0.1) is 0 Å². The Hall–Kier alpha value is -16.0. The first-order valence-corrected chi connectivity index (χ1v) is 39.3. The zero-order chi connectivity index (χ0) is 78.8. The molecule has 0 aliphatic rings. The predicted octanol–water partition coefficient (Wildman–Crippen LogP) is 26.8. The number of nitrogens with zero attached hydrogens (tertiary/aromatic N) is 10. The summed E-state index contributed by atoms with van der Waals surface area (Å²) >= 11 is 0. The van der Waals surface area contributed by atoms with Crippen LogP contribution in [0.2, 0.25) is 0 Å². The molecule has 0 saturated heterocycles. The summed E-state index contributed by atoms with van der Waals surface area (Å²) in [6.07, 6.45) is 7.46. The van der Waals surface area contributed by atoms with Gasteiger partial charge in [0.2, 0.25) is 0 Å².